The van der Waals surface area contributed by atoms with Gasteiger partial charge in [0.1, 0.15) is 16.4 Å². The summed E-state index contributed by atoms with van der Waals surface area (Å²) in [6, 6.07) is 3.36. The van der Waals surface area contributed by atoms with E-state index in [0.29, 0.717) is 5.69 Å². The third kappa shape index (κ3) is 2.20. The van der Waals surface area contributed by atoms with E-state index in [0.717, 1.165) is 0 Å². The Morgan fingerprint density at radius 3 is 2.72 bits per heavy atom. The second kappa shape index (κ2) is 5.16. The van der Waals surface area contributed by atoms with Crippen LogP contribution in [-0.4, -0.2) is 33.0 Å². The smallest absolute Gasteiger partial charge is 0.340 e. The van der Waals surface area contributed by atoms with Gasteiger partial charge in [0.25, 0.3) is 0 Å². The second-order valence-corrected chi connectivity index (χ2v) is 3.83. The van der Waals surface area contributed by atoms with E-state index >= 15 is 0 Å². The van der Waals surface area contributed by atoms with Gasteiger partial charge < -0.3 is 9.84 Å². The van der Waals surface area contributed by atoms with Crippen molar-refractivity contribution in [3.63, 3.8) is 0 Å². The summed E-state index contributed by atoms with van der Waals surface area (Å²) in [6.45, 7) is 0.0828. The Balaban J connectivity index is 2.57. The average molecular weight is 268 g/mol. The van der Waals surface area contributed by atoms with Gasteiger partial charge in [-0.15, -0.1) is 0 Å². The van der Waals surface area contributed by atoms with E-state index in [1.807, 2.05) is 0 Å². The van der Waals surface area contributed by atoms with Gasteiger partial charge in [-0.3, -0.25) is 4.98 Å². The Labute approximate surface area is 108 Å². The summed E-state index contributed by atoms with van der Waals surface area (Å²) >= 11 is 6.04. The predicted molar refractivity (Wildman–Crippen MR) is 64.0 cm³/mol. The lowest BCUT2D eigenvalue weighted by Gasteiger charge is -2.01. The molecule has 0 fully saturated rings. The molecule has 0 bridgehead atoms. The SMILES string of the molecule is COCc1nn(-c2ccncc2)c(Cl)c1C(=O)O. The summed E-state index contributed by atoms with van der Waals surface area (Å²) in [5, 5.41) is 13.3. The molecule has 18 heavy (non-hydrogen) atoms. The van der Waals surface area contributed by atoms with E-state index in [2.05, 4.69) is 10.1 Å². The van der Waals surface area contributed by atoms with Crippen molar-refractivity contribution in [1.29, 1.82) is 0 Å². The molecule has 94 valence electrons. The quantitative estimate of drug-likeness (QED) is 0.913. The number of carboxylic acid groups (broad SMARTS) is 1. The first-order chi connectivity index (χ1) is 8.65. The van der Waals surface area contributed by atoms with Gasteiger partial charge in [0.15, 0.2) is 0 Å². The lowest BCUT2D eigenvalue weighted by Crippen LogP contribution is -2.01. The molecule has 0 aliphatic carbocycles. The first-order valence-corrected chi connectivity index (χ1v) is 5.43. The number of carbonyl (C=O) groups is 1. The third-order valence-electron chi connectivity index (χ3n) is 2.30. The van der Waals surface area contributed by atoms with Crippen LogP contribution in [0.3, 0.4) is 0 Å². The number of methoxy groups -OCH3 is 1. The number of aromatic carboxylic acids is 1. The summed E-state index contributed by atoms with van der Waals surface area (Å²) in [7, 11) is 1.46. The largest absolute Gasteiger partial charge is 0.478 e. The molecule has 0 amide bonds. The van der Waals surface area contributed by atoms with Gasteiger partial charge in [0, 0.05) is 19.5 Å². The Morgan fingerprint density at radius 1 is 1.50 bits per heavy atom. The van der Waals surface area contributed by atoms with Crippen molar-refractivity contribution in [1.82, 2.24) is 14.8 Å². The summed E-state index contributed by atoms with van der Waals surface area (Å²) in [4.78, 5) is 15.0. The summed E-state index contributed by atoms with van der Waals surface area (Å²) in [5.41, 5.74) is 0.877. The maximum absolute atomic E-state index is 11.2. The number of carboxylic acids is 1. The number of hydrogen-bond donors (Lipinski definition) is 1. The van der Waals surface area contributed by atoms with Crippen LogP contribution in [0.4, 0.5) is 0 Å². The molecular weight excluding hydrogens is 258 g/mol. The summed E-state index contributed by atoms with van der Waals surface area (Å²) in [6.07, 6.45) is 3.15. The van der Waals surface area contributed by atoms with E-state index in [9.17, 15) is 4.79 Å². The van der Waals surface area contributed by atoms with Crippen LogP contribution in [0.25, 0.3) is 5.69 Å². The monoisotopic (exact) mass is 267 g/mol. The molecule has 2 heterocycles. The van der Waals surface area contributed by atoms with Crippen molar-refractivity contribution in [2.75, 3.05) is 7.11 Å². The van der Waals surface area contributed by atoms with Crippen molar-refractivity contribution >= 4 is 17.6 Å². The molecule has 2 aromatic rings. The minimum absolute atomic E-state index is 0.0424. The molecule has 0 atom stereocenters. The minimum Gasteiger partial charge on any atom is -0.478 e. The maximum Gasteiger partial charge on any atom is 0.340 e. The van der Waals surface area contributed by atoms with E-state index in [1.165, 1.54) is 11.8 Å². The topological polar surface area (TPSA) is 77.2 Å². The highest BCUT2D eigenvalue weighted by atomic mass is 35.5. The number of ether oxygens (including phenoxy) is 1. The molecule has 6 nitrogen and oxygen atoms in total. The molecule has 1 N–H and O–H groups in total. The van der Waals surface area contributed by atoms with E-state index in [4.69, 9.17) is 21.4 Å². The Hall–Kier alpha value is -1.92. The first-order valence-electron chi connectivity index (χ1n) is 5.05. The molecular formula is C11H10ClN3O3. The molecule has 2 rings (SSSR count). The first kappa shape index (κ1) is 12.5. The maximum atomic E-state index is 11.2. The van der Waals surface area contributed by atoms with Crippen molar-refractivity contribution < 1.29 is 14.6 Å². The van der Waals surface area contributed by atoms with Gasteiger partial charge in [-0.05, 0) is 12.1 Å². The van der Waals surface area contributed by atoms with Crippen LogP contribution in [-0.2, 0) is 11.3 Å². The molecule has 0 saturated heterocycles. The van der Waals surface area contributed by atoms with E-state index < -0.39 is 5.97 Å². The zero-order valence-corrected chi connectivity index (χ0v) is 10.3. The van der Waals surface area contributed by atoms with Crippen molar-refractivity contribution in [2.45, 2.75) is 6.61 Å². The molecule has 0 aliphatic heterocycles. The molecule has 0 saturated carbocycles. The van der Waals surface area contributed by atoms with E-state index in [-0.39, 0.29) is 23.0 Å². The molecule has 0 unspecified atom stereocenters. The number of aromatic nitrogens is 3. The number of hydrogen-bond acceptors (Lipinski definition) is 4. The number of rotatable bonds is 4. The molecule has 2 aromatic heterocycles. The predicted octanol–water partition coefficient (Wildman–Crippen LogP) is 1.77. The van der Waals surface area contributed by atoms with Gasteiger partial charge in [-0.1, -0.05) is 11.6 Å². The van der Waals surface area contributed by atoms with Crippen LogP contribution in [0.2, 0.25) is 5.15 Å². The highest BCUT2D eigenvalue weighted by Crippen LogP contribution is 2.24. The van der Waals surface area contributed by atoms with Crippen molar-refractivity contribution in [2.24, 2.45) is 0 Å². The molecule has 0 spiro atoms. The standard InChI is InChI=1S/C11H10ClN3O3/c1-18-6-8-9(11(16)17)10(12)15(14-8)7-2-4-13-5-3-7/h2-5H,6H2,1H3,(H,16,17). The van der Waals surface area contributed by atoms with Gasteiger partial charge in [0.05, 0.1) is 12.3 Å². The van der Waals surface area contributed by atoms with Gasteiger partial charge in [-0.25, -0.2) is 9.48 Å². The van der Waals surface area contributed by atoms with Crippen molar-refractivity contribution in [3.05, 3.63) is 40.9 Å². The minimum atomic E-state index is -1.13. The fourth-order valence-electron chi connectivity index (χ4n) is 1.55. The Kier molecular flexibility index (Phi) is 3.59. The third-order valence-corrected chi connectivity index (χ3v) is 2.65. The highest BCUT2D eigenvalue weighted by molar-refractivity contribution is 6.32. The molecule has 0 radical (unpaired) electrons. The molecule has 7 heteroatoms. The highest BCUT2D eigenvalue weighted by Gasteiger charge is 2.22. The Morgan fingerprint density at radius 2 is 2.17 bits per heavy atom. The summed E-state index contributed by atoms with van der Waals surface area (Å²) < 4.78 is 6.26. The normalized spacial score (nSPS) is 10.6. The Bertz CT molecular complexity index is 568. The fraction of sp³-hybridized carbons (Fsp3) is 0.182. The van der Waals surface area contributed by atoms with Crippen LogP contribution in [0.15, 0.2) is 24.5 Å². The fourth-order valence-corrected chi connectivity index (χ4v) is 1.87. The van der Waals surface area contributed by atoms with Crippen LogP contribution < -0.4 is 0 Å². The van der Waals surface area contributed by atoms with Crippen LogP contribution in [0, 0.1) is 0 Å². The van der Waals surface area contributed by atoms with Gasteiger partial charge >= 0.3 is 5.97 Å². The lowest BCUT2D eigenvalue weighted by atomic mass is 10.2. The zero-order chi connectivity index (χ0) is 13.1. The molecule has 0 aliphatic rings. The van der Waals surface area contributed by atoms with Gasteiger partial charge in [0.2, 0.25) is 0 Å². The van der Waals surface area contributed by atoms with Crippen molar-refractivity contribution in [3.8, 4) is 5.69 Å². The van der Waals surface area contributed by atoms with Gasteiger partial charge in [-0.2, -0.15) is 5.10 Å². The lowest BCUT2D eigenvalue weighted by molar-refractivity contribution is 0.0692. The second-order valence-electron chi connectivity index (χ2n) is 3.47. The van der Waals surface area contributed by atoms with E-state index in [1.54, 1.807) is 24.5 Å². The van der Waals surface area contributed by atoms with Crippen LogP contribution >= 0.6 is 11.6 Å². The van der Waals surface area contributed by atoms with Crippen LogP contribution in [0.1, 0.15) is 16.1 Å². The number of nitrogens with zero attached hydrogens (tertiary/aromatic N) is 3. The van der Waals surface area contributed by atoms with Crippen LogP contribution in [0.5, 0.6) is 0 Å². The summed E-state index contributed by atoms with van der Waals surface area (Å²) in [5.74, 6) is -1.13. The zero-order valence-electron chi connectivity index (χ0n) is 9.50. The number of halogens is 1. The molecule has 0 aromatic carbocycles. The average Bonchev–Trinajstić information content (AvgIpc) is 2.68. The number of pyridine rings is 1.